The Morgan fingerprint density at radius 3 is 2.55 bits per heavy atom. The van der Waals surface area contributed by atoms with Crippen molar-refractivity contribution >= 4 is 17.0 Å². The second-order valence-corrected chi connectivity index (χ2v) is 5.52. The smallest absolute Gasteiger partial charge is 0.310 e. The van der Waals surface area contributed by atoms with Crippen molar-refractivity contribution in [3.63, 3.8) is 0 Å². The van der Waals surface area contributed by atoms with Crippen LogP contribution in [0.5, 0.6) is 0 Å². The van der Waals surface area contributed by atoms with Crippen LogP contribution in [0, 0.1) is 23.0 Å². The fraction of sp³-hybridized carbons (Fsp3) is 0.429. The average molecular weight is 282 g/mol. The average Bonchev–Trinajstić information content (AvgIpc) is 2.70. The zero-order chi connectivity index (χ0) is 15.1. The highest BCUT2D eigenvalue weighted by Gasteiger charge is 2.37. The van der Waals surface area contributed by atoms with Gasteiger partial charge < -0.3 is 10.1 Å². The maximum Gasteiger partial charge on any atom is 0.310 e. The lowest BCUT2D eigenvalue weighted by atomic mass is 9.76. The van der Waals surface area contributed by atoms with Crippen LogP contribution in [-0.2, 0) is 11.2 Å². The van der Waals surface area contributed by atoms with E-state index in [1.54, 1.807) is 6.92 Å². The molecule has 0 saturated heterocycles. The third kappa shape index (κ3) is 2.37. The van der Waals surface area contributed by atoms with E-state index in [0.29, 0.717) is 11.3 Å². The Morgan fingerprint density at radius 2 is 2.00 bits per heavy atom. The first-order valence-electron chi connectivity index (χ1n) is 6.31. The van der Waals surface area contributed by atoms with Gasteiger partial charge in [-0.3, -0.25) is 4.79 Å². The van der Waals surface area contributed by atoms with Crippen molar-refractivity contribution in [2.75, 3.05) is 0 Å². The number of hydrogen-bond acceptors (Lipinski definition) is 2. The molecule has 0 amide bonds. The number of aliphatic carboxylic acids is 1. The van der Waals surface area contributed by atoms with Gasteiger partial charge in [0.05, 0.1) is 16.4 Å². The quantitative estimate of drug-likeness (QED) is 0.905. The van der Waals surface area contributed by atoms with Crippen molar-refractivity contribution in [3.8, 4) is 0 Å². The van der Waals surface area contributed by atoms with E-state index in [1.165, 1.54) is 0 Å². The SMILES string of the molecule is CC(C)C(C)(Cc1nc2cc(F)c(F)cc2[nH]1)C(=O)O. The summed E-state index contributed by atoms with van der Waals surface area (Å²) >= 11 is 0. The van der Waals surface area contributed by atoms with Crippen LogP contribution < -0.4 is 0 Å². The van der Waals surface area contributed by atoms with Gasteiger partial charge in [-0.25, -0.2) is 13.8 Å². The van der Waals surface area contributed by atoms with E-state index in [0.717, 1.165) is 12.1 Å². The number of aromatic nitrogens is 2. The standard InChI is InChI=1S/C14H16F2N2O2/c1-7(2)14(3,13(19)20)6-12-17-10-4-8(15)9(16)5-11(10)18-12/h4-5,7H,6H2,1-3H3,(H,17,18)(H,19,20). The topological polar surface area (TPSA) is 66.0 Å². The number of aromatic amines is 1. The molecule has 2 aromatic rings. The zero-order valence-corrected chi connectivity index (χ0v) is 11.5. The molecule has 6 heteroatoms. The number of nitrogens with one attached hydrogen (secondary N) is 1. The lowest BCUT2D eigenvalue weighted by Gasteiger charge is -2.27. The van der Waals surface area contributed by atoms with Crippen LogP contribution in [0.25, 0.3) is 11.0 Å². The molecule has 2 rings (SSSR count). The number of nitrogens with zero attached hydrogens (tertiary/aromatic N) is 1. The molecule has 108 valence electrons. The zero-order valence-electron chi connectivity index (χ0n) is 11.5. The Morgan fingerprint density at radius 1 is 1.40 bits per heavy atom. The number of carboxylic acid groups (broad SMARTS) is 1. The van der Waals surface area contributed by atoms with Gasteiger partial charge in [-0.05, 0) is 12.8 Å². The number of H-pyrrole nitrogens is 1. The Bertz CT molecular complexity index is 627. The van der Waals surface area contributed by atoms with Crippen LogP contribution in [0.3, 0.4) is 0 Å². The molecule has 1 unspecified atom stereocenters. The number of hydrogen-bond donors (Lipinski definition) is 2. The first-order valence-corrected chi connectivity index (χ1v) is 6.31. The normalized spacial score (nSPS) is 14.7. The molecule has 0 radical (unpaired) electrons. The molecule has 1 atom stereocenters. The molecule has 1 aromatic carbocycles. The van der Waals surface area contributed by atoms with Gasteiger partial charge in [0.15, 0.2) is 11.6 Å². The molecule has 0 spiro atoms. The highest BCUT2D eigenvalue weighted by molar-refractivity contribution is 5.77. The van der Waals surface area contributed by atoms with Gasteiger partial charge in [0.25, 0.3) is 0 Å². The van der Waals surface area contributed by atoms with E-state index in [9.17, 15) is 18.7 Å². The van der Waals surface area contributed by atoms with E-state index < -0.39 is 23.0 Å². The third-order valence-electron chi connectivity index (χ3n) is 3.87. The number of benzene rings is 1. The molecule has 0 aliphatic heterocycles. The summed E-state index contributed by atoms with van der Waals surface area (Å²) in [5, 5.41) is 9.37. The molecule has 1 heterocycles. The highest BCUT2D eigenvalue weighted by Crippen LogP contribution is 2.31. The lowest BCUT2D eigenvalue weighted by molar-refractivity contribution is -0.150. The van der Waals surface area contributed by atoms with Crippen molar-refractivity contribution in [1.82, 2.24) is 9.97 Å². The van der Waals surface area contributed by atoms with E-state index in [-0.39, 0.29) is 17.9 Å². The summed E-state index contributed by atoms with van der Waals surface area (Å²) in [6, 6.07) is 2.02. The molecule has 0 aliphatic carbocycles. The van der Waals surface area contributed by atoms with Gasteiger partial charge >= 0.3 is 5.97 Å². The number of rotatable bonds is 4. The Kier molecular flexibility index (Phi) is 3.50. The number of imidazole rings is 1. The van der Waals surface area contributed by atoms with Gasteiger partial charge in [-0.15, -0.1) is 0 Å². The van der Waals surface area contributed by atoms with Crippen molar-refractivity contribution in [3.05, 3.63) is 29.6 Å². The molecule has 0 bridgehead atoms. The first kappa shape index (κ1) is 14.4. The van der Waals surface area contributed by atoms with Crippen molar-refractivity contribution in [2.45, 2.75) is 27.2 Å². The Labute approximate surface area is 114 Å². The number of carboxylic acids is 1. The molecule has 2 N–H and O–H groups in total. The molecular formula is C14H16F2N2O2. The minimum absolute atomic E-state index is 0.110. The third-order valence-corrected chi connectivity index (χ3v) is 3.87. The van der Waals surface area contributed by atoms with Crippen molar-refractivity contribution < 1.29 is 18.7 Å². The van der Waals surface area contributed by atoms with Crippen LogP contribution in [0.1, 0.15) is 26.6 Å². The number of carbonyl (C=O) groups is 1. The van der Waals surface area contributed by atoms with Gasteiger partial charge in [0.1, 0.15) is 5.82 Å². The summed E-state index contributed by atoms with van der Waals surface area (Å²) in [6.45, 7) is 5.26. The molecule has 0 aliphatic rings. The largest absolute Gasteiger partial charge is 0.481 e. The van der Waals surface area contributed by atoms with E-state index >= 15 is 0 Å². The molecule has 1 aromatic heterocycles. The summed E-state index contributed by atoms with van der Waals surface area (Å²) < 4.78 is 26.3. The highest BCUT2D eigenvalue weighted by atomic mass is 19.2. The number of halogens is 2. The molecule has 4 nitrogen and oxygen atoms in total. The van der Waals surface area contributed by atoms with Gasteiger partial charge in [-0.2, -0.15) is 0 Å². The van der Waals surface area contributed by atoms with Gasteiger partial charge in [-0.1, -0.05) is 13.8 Å². The lowest BCUT2D eigenvalue weighted by Crippen LogP contribution is -2.35. The summed E-state index contributed by atoms with van der Waals surface area (Å²) in [5.74, 6) is -2.56. The molecule has 0 saturated carbocycles. The van der Waals surface area contributed by atoms with Crippen LogP contribution in [0.4, 0.5) is 8.78 Å². The number of fused-ring (bicyclic) bond motifs is 1. The van der Waals surface area contributed by atoms with E-state index in [1.807, 2.05) is 13.8 Å². The van der Waals surface area contributed by atoms with E-state index in [4.69, 9.17) is 0 Å². The fourth-order valence-corrected chi connectivity index (χ4v) is 2.02. The maximum absolute atomic E-state index is 13.1. The van der Waals surface area contributed by atoms with E-state index in [2.05, 4.69) is 9.97 Å². The van der Waals surface area contributed by atoms with Gasteiger partial charge in [0, 0.05) is 18.6 Å². The van der Waals surface area contributed by atoms with Crippen molar-refractivity contribution in [2.24, 2.45) is 11.3 Å². The summed E-state index contributed by atoms with van der Waals surface area (Å²) in [4.78, 5) is 18.4. The predicted molar refractivity (Wildman–Crippen MR) is 70.3 cm³/mol. The van der Waals surface area contributed by atoms with Crippen LogP contribution in [0.2, 0.25) is 0 Å². The monoisotopic (exact) mass is 282 g/mol. The summed E-state index contributed by atoms with van der Waals surface area (Å²) in [7, 11) is 0. The minimum atomic E-state index is -0.995. The first-order chi connectivity index (χ1) is 9.24. The Balaban J connectivity index is 2.41. The molecular weight excluding hydrogens is 266 g/mol. The van der Waals surface area contributed by atoms with Crippen molar-refractivity contribution in [1.29, 1.82) is 0 Å². The molecule has 0 fully saturated rings. The predicted octanol–water partition coefficient (Wildman–Crippen LogP) is 3.13. The van der Waals surface area contributed by atoms with Crippen LogP contribution in [-0.4, -0.2) is 21.0 Å². The van der Waals surface area contributed by atoms with Gasteiger partial charge in [0.2, 0.25) is 0 Å². The van der Waals surface area contributed by atoms with Crippen LogP contribution in [0.15, 0.2) is 12.1 Å². The Hall–Kier alpha value is -1.98. The molecule has 20 heavy (non-hydrogen) atoms. The minimum Gasteiger partial charge on any atom is -0.481 e. The maximum atomic E-state index is 13.1. The second-order valence-electron chi connectivity index (χ2n) is 5.52. The fourth-order valence-electron chi connectivity index (χ4n) is 2.02. The van der Waals surface area contributed by atoms with Crippen LogP contribution >= 0.6 is 0 Å². The second kappa shape index (κ2) is 4.85. The summed E-state index contributed by atoms with van der Waals surface area (Å²) in [5.41, 5.74) is -0.351. The summed E-state index contributed by atoms with van der Waals surface area (Å²) in [6.07, 6.45) is 0.165.